The standard InChI is InChI=1S/C17H17ClN4O3/c1-10(2)25-14-9-12(7-8-20-14)15(16(17(23)24)21-22-19)11-3-5-13(18)6-4-11/h3-10,15-16H,1-2H3,(H,23,24)/t15-,16-/m0/s1. The first kappa shape index (κ1) is 18.6. The predicted molar refractivity (Wildman–Crippen MR) is 93.9 cm³/mol. The molecule has 0 aliphatic heterocycles. The van der Waals surface area contributed by atoms with Crippen LogP contribution in [0.2, 0.25) is 5.02 Å². The summed E-state index contributed by atoms with van der Waals surface area (Å²) in [5.41, 5.74) is 10.1. The number of carbonyl (C=O) groups is 1. The van der Waals surface area contributed by atoms with Crippen LogP contribution in [-0.4, -0.2) is 28.2 Å². The lowest BCUT2D eigenvalue weighted by atomic mass is 9.86. The molecule has 1 N–H and O–H groups in total. The molecule has 0 saturated heterocycles. The molecule has 8 heteroatoms. The van der Waals surface area contributed by atoms with E-state index >= 15 is 0 Å². The van der Waals surface area contributed by atoms with Crippen molar-refractivity contribution in [2.24, 2.45) is 5.11 Å². The number of benzene rings is 1. The SMILES string of the molecule is CC(C)Oc1cc([C@H](c2ccc(Cl)cc2)[C@H](N=[N+]=[N-])C(=O)O)ccn1. The van der Waals surface area contributed by atoms with Crippen molar-refractivity contribution in [3.05, 3.63) is 69.2 Å². The van der Waals surface area contributed by atoms with Gasteiger partial charge in [-0.25, -0.2) is 4.98 Å². The van der Waals surface area contributed by atoms with Gasteiger partial charge in [0.05, 0.1) is 6.10 Å². The van der Waals surface area contributed by atoms with Crippen LogP contribution < -0.4 is 4.74 Å². The van der Waals surface area contributed by atoms with Crippen molar-refractivity contribution in [2.75, 3.05) is 0 Å². The van der Waals surface area contributed by atoms with Gasteiger partial charge in [0.1, 0.15) is 6.04 Å². The van der Waals surface area contributed by atoms with Crippen molar-refractivity contribution < 1.29 is 14.6 Å². The molecule has 0 bridgehead atoms. The minimum atomic E-state index is -1.32. The summed E-state index contributed by atoms with van der Waals surface area (Å²) in [5.74, 6) is -1.55. The molecule has 0 aliphatic rings. The van der Waals surface area contributed by atoms with Gasteiger partial charge in [-0.15, -0.1) is 0 Å². The molecule has 0 aliphatic carbocycles. The number of azide groups is 1. The second-order valence-corrected chi connectivity index (χ2v) is 6.05. The molecule has 1 heterocycles. The number of hydrogen-bond acceptors (Lipinski definition) is 4. The van der Waals surface area contributed by atoms with Crippen LogP contribution in [0.1, 0.15) is 30.9 Å². The molecule has 2 atom stereocenters. The van der Waals surface area contributed by atoms with Gasteiger partial charge in [0.15, 0.2) is 0 Å². The summed E-state index contributed by atoms with van der Waals surface area (Å²) in [6.45, 7) is 3.73. The van der Waals surface area contributed by atoms with Crippen molar-refractivity contribution in [1.82, 2.24) is 4.98 Å². The van der Waals surface area contributed by atoms with Gasteiger partial charge in [-0.2, -0.15) is 0 Å². The molecule has 0 saturated carbocycles. The second kappa shape index (κ2) is 8.37. The van der Waals surface area contributed by atoms with Gasteiger partial charge in [-0.3, -0.25) is 4.79 Å². The second-order valence-electron chi connectivity index (χ2n) is 5.61. The van der Waals surface area contributed by atoms with E-state index in [9.17, 15) is 9.90 Å². The minimum Gasteiger partial charge on any atom is -0.481 e. The van der Waals surface area contributed by atoms with Gasteiger partial charge in [0.25, 0.3) is 0 Å². The third-order valence-electron chi connectivity index (χ3n) is 3.45. The average molecular weight is 361 g/mol. The first-order chi connectivity index (χ1) is 11.9. The molecule has 25 heavy (non-hydrogen) atoms. The van der Waals surface area contributed by atoms with E-state index in [-0.39, 0.29) is 6.10 Å². The molecule has 0 unspecified atom stereocenters. The number of rotatable bonds is 7. The minimum absolute atomic E-state index is 0.0795. The fourth-order valence-electron chi connectivity index (χ4n) is 2.47. The third kappa shape index (κ3) is 4.86. The fraction of sp³-hybridized carbons (Fsp3) is 0.294. The van der Waals surface area contributed by atoms with Gasteiger partial charge < -0.3 is 9.84 Å². The Kier molecular flexibility index (Phi) is 6.22. The molecular weight excluding hydrogens is 344 g/mol. The topological polar surface area (TPSA) is 108 Å². The quantitative estimate of drug-likeness (QED) is 0.447. The van der Waals surface area contributed by atoms with Crippen molar-refractivity contribution in [3.8, 4) is 5.88 Å². The largest absolute Gasteiger partial charge is 0.481 e. The monoisotopic (exact) mass is 360 g/mol. The van der Waals surface area contributed by atoms with E-state index in [0.717, 1.165) is 0 Å². The van der Waals surface area contributed by atoms with E-state index in [1.54, 1.807) is 36.4 Å². The van der Waals surface area contributed by atoms with E-state index in [2.05, 4.69) is 15.0 Å². The molecule has 0 radical (unpaired) electrons. The van der Waals surface area contributed by atoms with Crippen LogP contribution in [0, 0.1) is 0 Å². The Labute approximate surface area is 149 Å². The summed E-state index contributed by atoms with van der Waals surface area (Å²) in [4.78, 5) is 18.5. The smallest absolute Gasteiger partial charge is 0.313 e. The van der Waals surface area contributed by atoms with Crippen LogP contribution in [0.25, 0.3) is 10.4 Å². The highest BCUT2D eigenvalue weighted by molar-refractivity contribution is 6.30. The number of aromatic nitrogens is 1. The number of ether oxygens (including phenoxy) is 1. The van der Waals surface area contributed by atoms with Crippen molar-refractivity contribution >= 4 is 17.6 Å². The van der Waals surface area contributed by atoms with Gasteiger partial charge in [-0.1, -0.05) is 28.8 Å². The van der Waals surface area contributed by atoms with Crippen LogP contribution in [0.4, 0.5) is 0 Å². The third-order valence-corrected chi connectivity index (χ3v) is 3.70. The summed E-state index contributed by atoms with van der Waals surface area (Å²) in [6.07, 6.45) is 1.45. The molecule has 0 fully saturated rings. The van der Waals surface area contributed by atoms with E-state index in [1.807, 2.05) is 13.8 Å². The lowest BCUT2D eigenvalue weighted by Gasteiger charge is -2.22. The number of hydrogen-bond donors (Lipinski definition) is 1. The highest BCUT2D eigenvalue weighted by Gasteiger charge is 2.30. The van der Waals surface area contributed by atoms with E-state index in [4.69, 9.17) is 21.9 Å². The van der Waals surface area contributed by atoms with Gasteiger partial charge in [-0.05, 0) is 48.7 Å². The summed E-state index contributed by atoms with van der Waals surface area (Å²) in [5, 5.41) is 13.5. The van der Waals surface area contributed by atoms with Crippen LogP contribution in [0.15, 0.2) is 47.7 Å². The van der Waals surface area contributed by atoms with Gasteiger partial charge >= 0.3 is 5.97 Å². The Balaban J connectivity index is 2.56. The molecule has 1 aromatic carbocycles. The molecular formula is C17H17ClN4O3. The molecule has 130 valence electrons. The zero-order valence-corrected chi connectivity index (χ0v) is 14.5. The van der Waals surface area contributed by atoms with Crippen molar-refractivity contribution in [2.45, 2.75) is 31.9 Å². The zero-order valence-electron chi connectivity index (χ0n) is 13.7. The van der Waals surface area contributed by atoms with Gasteiger partial charge in [0, 0.05) is 28.1 Å². The maximum Gasteiger partial charge on any atom is 0.313 e. The number of pyridine rings is 1. The fourth-order valence-corrected chi connectivity index (χ4v) is 2.59. The van der Waals surface area contributed by atoms with E-state index < -0.39 is 17.9 Å². The van der Waals surface area contributed by atoms with Crippen LogP contribution in [-0.2, 0) is 4.79 Å². The lowest BCUT2D eigenvalue weighted by Crippen LogP contribution is -2.26. The van der Waals surface area contributed by atoms with Crippen LogP contribution in [0.5, 0.6) is 5.88 Å². The highest BCUT2D eigenvalue weighted by atomic mass is 35.5. The molecule has 0 spiro atoms. The molecule has 2 aromatic rings. The molecule has 0 amide bonds. The van der Waals surface area contributed by atoms with Crippen LogP contribution >= 0.6 is 11.6 Å². The van der Waals surface area contributed by atoms with E-state index in [1.165, 1.54) is 6.20 Å². The predicted octanol–water partition coefficient (Wildman–Crippen LogP) is 4.42. The summed E-state index contributed by atoms with van der Waals surface area (Å²) < 4.78 is 5.58. The Hall–Kier alpha value is -2.76. The normalized spacial score (nSPS) is 13.0. The number of halogens is 1. The van der Waals surface area contributed by atoms with Crippen LogP contribution in [0.3, 0.4) is 0 Å². The summed E-state index contributed by atoms with van der Waals surface area (Å²) in [6, 6.07) is 8.74. The average Bonchev–Trinajstić information content (AvgIpc) is 2.55. The van der Waals surface area contributed by atoms with Crippen molar-refractivity contribution in [1.29, 1.82) is 0 Å². The maximum atomic E-state index is 11.7. The number of nitrogens with zero attached hydrogens (tertiary/aromatic N) is 4. The Morgan fingerprint density at radius 1 is 1.28 bits per heavy atom. The van der Waals surface area contributed by atoms with E-state index in [0.29, 0.717) is 22.0 Å². The maximum absolute atomic E-state index is 11.7. The van der Waals surface area contributed by atoms with Crippen molar-refractivity contribution in [3.63, 3.8) is 0 Å². The Morgan fingerprint density at radius 3 is 2.52 bits per heavy atom. The lowest BCUT2D eigenvalue weighted by molar-refractivity contribution is -0.138. The summed E-state index contributed by atoms with van der Waals surface area (Å²) in [7, 11) is 0. The zero-order chi connectivity index (χ0) is 18.4. The molecule has 7 nitrogen and oxygen atoms in total. The Morgan fingerprint density at radius 2 is 1.96 bits per heavy atom. The summed E-state index contributed by atoms with van der Waals surface area (Å²) >= 11 is 5.92. The number of carboxylic acid groups (broad SMARTS) is 1. The van der Waals surface area contributed by atoms with Gasteiger partial charge in [0.2, 0.25) is 5.88 Å². The Bertz CT molecular complexity index is 787. The number of carboxylic acids is 1. The first-order valence-electron chi connectivity index (χ1n) is 7.57. The molecule has 1 aromatic heterocycles. The first-order valence-corrected chi connectivity index (χ1v) is 7.95. The highest BCUT2D eigenvalue weighted by Crippen LogP contribution is 2.32. The number of aliphatic carboxylic acids is 1. The molecule has 2 rings (SSSR count).